The van der Waals surface area contributed by atoms with Gasteiger partial charge in [0.25, 0.3) is 0 Å². The molecule has 3 heteroatoms. The monoisotopic (exact) mass is 186 g/mol. The minimum atomic E-state index is -0.466. The Hall–Kier alpha value is -0.570. The number of carbonyl (C=O) groups is 1. The van der Waals surface area contributed by atoms with Crippen LogP contribution in [-0.4, -0.2) is 18.0 Å². The Bertz CT molecular complexity index is 185. The summed E-state index contributed by atoms with van der Waals surface area (Å²) in [5.74, 6) is 0.0295. The first-order chi connectivity index (χ1) is 5.75. The normalized spacial score (nSPS) is 12.8. The maximum absolute atomic E-state index is 11.7. The highest BCUT2D eigenvalue weighted by Gasteiger charge is 2.29. The van der Waals surface area contributed by atoms with Crippen LogP contribution in [0.1, 0.15) is 41.0 Å². The molecule has 3 N–H and O–H groups in total. The van der Waals surface area contributed by atoms with E-state index >= 15 is 0 Å². The summed E-state index contributed by atoms with van der Waals surface area (Å²) in [7, 11) is 0. The molecule has 0 radical (unpaired) electrons. The third-order valence-corrected chi connectivity index (χ3v) is 2.46. The van der Waals surface area contributed by atoms with Crippen LogP contribution in [-0.2, 0) is 4.79 Å². The third kappa shape index (κ3) is 3.77. The van der Waals surface area contributed by atoms with Crippen LogP contribution in [0.4, 0.5) is 0 Å². The van der Waals surface area contributed by atoms with Crippen molar-refractivity contribution in [1.82, 2.24) is 5.32 Å². The molecular formula is C10H22N2O. The number of nitrogens with one attached hydrogen (secondary N) is 1. The van der Waals surface area contributed by atoms with Gasteiger partial charge in [-0.05, 0) is 34.1 Å². The van der Waals surface area contributed by atoms with Gasteiger partial charge in [-0.3, -0.25) is 4.79 Å². The first kappa shape index (κ1) is 12.4. The molecule has 0 fully saturated rings. The number of nitrogens with two attached hydrogens (primary N) is 1. The first-order valence-corrected chi connectivity index (χ1v) is 4.78. The van der Waals surface area contributed by atoms with Crippen LogP contribution >= 0.6 is 0 Å². The second-order valence-electron chi connectivity index (χ2n) is 4.78. The Balaban J connectivity index is 4.31. The predicted molar refractivity (Wildman–Crippen MR) is 55.3 cm³/mol. The topological polar surface area (TPSA) is 55.1 Å². The van der Waals surface area contributed by atoms with E-state index in [0.717, 1.165) is 6.42 Å². The summed E-state index contributed by atoms with van der Waals surface area (Å²) in [5.41, 5.74) is 4.91. The van der Waals surface area contributed by atoms with E-state index in [-0.39, 0.29) is 11.4 Å². The van der Waals surface area contributed by atoms with Crippen molar-refractivity contribution in [3.63, 3.8) is 0 Å². The van der Waals surface area contributed by atoms with Gasteiger partial charge in [-0.1, -0.05) is 6.92 Å². The average molecular weight is 186 g/mol. The molecule has 0 aromatic rings. The fourth-order valence-electron chi connectivity index (χ4n) is 0.658. The molecule has 0 aromatic heterocycles. The van der Waals surface area contributed by atoms with E-state index < -0.39 is 5.41 Å². The molecule has 0 aromatic carbocycles. The van der Waals surface area contributed by atoms with E-state index in [9.17, 15) is 4.79 Å². The van der Waals surface area contributed by atoms with Crippen molar-refractivity contribution in [3.05, 3.63) is 0 Å². The Morgan fingerprint density at radius 3 is 2.08 bits per heavy atom. The maximum atomic E-state index is 11.7. The molecular weight excluding hydrogens is 164 g/mol. The van der Waals surface area contributed by atoms with Gasteiger partial charge in [-0.15, -0.1) is 0 Å². The Kier molecular flexibility index (Phi) is 3.91. The zero-order chi connectivity index (χ0) is 10.7. The summed E-state index contributed by atoms with van der Waals surface area (Å²) >= 11 is 0. The molecule has 0 bridgehead atoms. The van der Waals surface area contributed by atoms with Gasteiger partial charge in [0, 0.05) is 12.1 Å². The zero-order valence-electron chi connectivity index (χ0n) is 9.40. The fraction of sp³-hybridized carbons (Fsp3) is 0.900. The Morgan fingerprint density at radius 1 is 1.31 bits per heavy atom. The summed E-state index contributed by atoms with van der Waals surface area (Å²) in [6.45, 7) is 10.2. The van der Waals surface area contributed by atoms with E-state index in [4.69, 9.17) is 5.73 Å². The van der Waals surface area contributed by atoms with Crippen molar-refractivity contribution >= 4 is 5.91 Å². The summed E-state index contributed by atoms with van der Waals surface area (Å²) in [4.78, 5) is 11.7. The maximum Gasteiger partial charge on any atom is 0.227 e. The third-order valence-electron chi connectivity index (χ3n) is 2.46. The van der Waals surface area contributed by atoms with Crippen molar-refractivity contribution in [3.8, 4) is 0 Å². The highest BCUT2D eigenvalue weighted by atomic mass is 16.2. The van der Waals surface area contributed by atoms with Crippen molar-refractivity contribution in [1.29, 1.82) is 0 Å². The lowest BCUT2D eigenvalue weighted by Crippen LogP contribution is -2.50. The van der Waals surface area contributed by atoms with Gasteiger partial charge < -0.3 is 11.1 Å². The van der Waals surface area contributed by atoms with Crippen molar-refractivity contribution in [2.24, 2.45) is 11.1 Å². The zero-order valence-corrected chi connectivity index (χ0v) is 9.40. The van der Waals surface area contributed by atoms with Gasteiger partial charge in [-0.2, -0.15) is 0 Å². The lowest BCUT2D eigenvalue weighted by molar-refractivity contribution is -0.130. The van der Waals surface area contributed by atoms with Gasteiger partial charge in [-0.25, -0.2) is 0 Å². The number of rotatable bonds is 4. The second-order valence-corrected chi connectivity index (χ2v) is 4.78. The van der Waals surface area contributed by atoms with E-state index in [0.29, 0.717) is 6.54 Å². The molecule has 0 atom stereocenters. The summed E-state index contributed by atoms with van der Waals surface area (Å²) in [5, 5.41) is 2.98. The van der Waals surface area contributed by atoms with Gasteiger partial charge >= 0.3 is 0 Å². The second kappa shape index (κ2) is 4.09. The van der Waals surface area contributed by atoms with Crippen LogP contribution < -0.4 is 11.1 Å². The minimum absolute atomic E-state index is 0.0295. The average Bonchev–Trinajstić information content (AvgIpc) is 2.04. The van der Waals surface area contributed by atoms with E-state index in [2.05, 4.69) is 12.2 Å². The van der Waals surface area contributed by atoms with Gasteiger partial charge in [0.15, 0.2) is 0 Å². The lowest BCUT2D eigenvalue weighted by atomic mass is 9.90. The van der Waals surface area contributed by atoms with E-state index in [1.165, 1.54) is 0 Å². The van der Waals surface area contributed by atoms with Crippen molar-refractivity contribution < 1.29 is 4.79 Å². The molecule has 0 rings (SSSR count). The number of hydrogen-bond acceptors (Lipinski definition) is 2. The van der Waals surface area contributed by atoms with Gasteiger partial charge in [0.1, 0.15) is 0 Å². The van der Waals surface area contributed by atoms with Crippen LogP contribution in [0.25, 0.3) is 0 Å². The SMILES string of the molecule is CCC(C)(C)NC(=O)C(C)(C)CN. The predicted octanol–water partition coefficient (Wildman–Crippen LogP) is 1.28. The Morgan fingerprint density at radius 2 is 1.77 bits per heavy atom. The largest absolute Gasteiger partial charge is 0.351 e. The summed E-state index contributed by atoms with van der Waals surface area (Å²) in [6.07, 6.45) is 0.916. The van der Waals surface area contributed by atoms with Crippen molar-refractivity contribution in [2.45, 2.75) is 46.6 Å². The molecule has 13 heavy (non-hydrogen) atoms. The number of carbonyl (C=O) groups excluding carboxylic acids is 1. The molecule has 0 unspecified atom stereocenters. The highest BCUT2D eigenvalue weighted by molar-refractivity contribution is 5.82. The molecule has 3 nitrogen and oxygen atoms in total. The van der Waals surface area contributed by atoms with Gasteiger partial charge in [0.2, 0.25) is 5.91 Å². The number of amides is 1. The van der Waals surface area contributed by atoms with Crippen molar-refractivity contribution in [2.75, 3.05) is 6.54 Å². The smallest absolute Gasteiger partial charge is 0.227 e. The number of hydrogen-bond donors (Lipinski definition) is 2. The lowest BCUT2D eigenvalue weighted by Gasteiger charge is -2.30. The van der Waals surface area contributed by atoms with Crippen LogP contribution in [0.3, 0.4) is 0 Å². The molecule has 0 heterocycles. The van der Waals surface area contributed by atoms with E-state index in [1.807, 2.05) is 27.7 Å². The van der Waals surface area contributed by atoms with Crippen LogP contribution in [0.15, 0.2) is 0 Å². The molecule has 0 spiro atoms. The fourth-order valence-corrected chi connectivity index (χ4v) is 0.658. The summed E-state index contributed by atoms with van der Waals surface area (Å²) < 4.78 is 0. The summed E-state index contributed by atoms with van der Waals surface area (Å²) in [6, 6.07) is 0. The first-order valence-electron chi connectivity index (χ1n) is 4.78. The quantitative estimate of drug-likeness (QED) is 0.695. The highest BCUT2D eigenvalue weighted by Crippen LogP contribution is 2.16. The molecule has 0 saturated carbocycles. The molecule has 0 aliphatic carbocycles. The molecule has 78 valence electrons. The molecule has 0 saturated heterocycles. The van der Waals surface area contributed by atoms with Crippen LogP contribution in [0.2, 0.25) is 0 Å². The van der Waals surface area contributed by atoms with Crippen LogP contribution in [0, 0.1) is 5.41 Å². The van der Waals surface area contributed by atoms with Crippen LogP contribution in [0.5, 0.6) is 0 Å². The van der Waals surface area contributed by atoms with E-state index in [1.54, 1.807) is 0 Å². The molecule has 1 amide bonds. The Labute approximate surface area is 81.1 Å². The minimum Gasteiger partial charge on any atom is -0.351 e. The molecule has 0 aliphatic rings. The van der Waals surface area contributed by atoms with Gasteiger partial charge in [0.05, 0.1) is 5.41 Å². The standard InChI is InChI=1S/C10H22N2O/c1-6-10(4,5)12-8(13)9(2,3)7-11/h6-7,11H2,1-5H3,(H,12,13). The molecule has 0 aliphatic heterocycles.